The van der Waals surface area contributed by atoms with Gasteiger partial charge in [0.15, 0.2) is 6.10 Å². The van der Waals surface area contributed by atoms with Gasteiger partial charge in [-0.1, -0.05) is 23.7 Å². The molecule has 0 unspecified atom stereocenters. The number of amides is 1. The van der Waals surface area contributed by atoms with Crippen LogP contribution in [-0.2, 0) is 9.53 Å². The topological polar surface area (TPSA) is 68.3 Å². The maximum Gasteiger partial charge on any atom is 0.351 e. The van der Waals surface area contributed by atoms with E-state index >= 15 is 0 Å². The summed E-state index contributed by atoms with van der Waals surface area (Å²) in [6, 6.07) is 7.26. The molecular formula is C18H21ClN2O3S. The lowest BCUT2D eigenvalue weighted by Gasteiger charge is -2.23. The van der Waals surface area contributed by atoms with Crippen molar-refractivity contribution in [1.29, 1.82) is 0 Å². The number of nitrogens with zero attached hydrogens (tertiary/aromatic N) is 1. The van der Waals surface area contributed by atoms with Crippen LogP contribution >= 0.6 is 22.9 Å². The summed E-state index contributed by atoms with van der Waals surface area (Å²) in [6.45, 7) is 8.88. The van der Waals surface area contributed by atoms with E-state index in [1.54, 1.807) is 26.0 Å². The summed E-state index contributed by atoms with van der Waals surface area (Å²) in [4.78, 5) is 29.3. The Balaban J connectivity index is 2.14. The molecule has 0 aliphatic heterocycles. The van der Waals surface area contributed by atoms with Gasteiger partial charge in [-0.2, -0.15) is 0 Å². The number of benzene rings is 1. The molecule has 0 saturated heterocycles. The molecule has 1 N–H and O–H groups in total. The molecule has 7 heteroatoms. The van der Waals surface area contributed by atoms with Crippen molar-refractivity contribution >= 4 is 34.8 Å². The molecule has 25 heavy (non-hydrogen) atoms. The van der Waals surface area contributed by atoms with Gasteiger partial charge in [-0.25, -0.2) is 9.78 Å². The van der Waals surface area contributed by atoms with E-state index in [1.807, 2.05) is 32.9 Å². The first-order valence-corrected chi connectivity index (χ1v) is 9.02. The molecule has 1 atom stereocenters. The third-order valence-corrected chi connectivity index (χ3v) is 4.63. The second-order valence-corrected chi connectivity index (χ2v) is 8.17. The Kier molecular flexibility index (Phi) is 5.85. The zero-order chi connectivity index (χ0) is 18.8. The van der Waals surface area contributed by atoms with Crippen molar-refractivity contribution in [2.45, 2.75) is 46.3 Å². The van der Waals surface area contributed by atoms with Crippen LogP contribution in [-0.4, -0.2) is 28.5 Å². The van der Waals surface area contributed by atoms with Gasteiger partial charge < -0.3 is 10.1 Å². The average Bonchev–Trinajstić information content (AvgIpc) is 2.87. The Bertz CT molecular complexity index is 796. The third kappa shape index (κ3) is 5.28. The normalized spacial score (nSPS) is 12.6. The van der Waals surface area contributed by atoms with Crippen molar-refractivity contribution in [3.63, 3.8) is 0 Å². The van der Waals surface area contributed by atoms with E-state index < -0.39 is 17.6 Å². The summed E-state index contributed by atoms with van der Waals surface area (Å²) in [6.07, 6.45) is -0.886. The fraction of sp³-hybridized carbons (Fsp3) is 0.389. The van der Waals surface area contributed by atoms with Crippen molar-refractivity contribution < 1.29 is 14.3 Å². The number of aromatic nitrogens is 1. The molecular weight excluding hydrogens is 360 g/mol. The minimum Gasteiger partial charge on any atom is -0.448 e. The van der Waals surface area contributed by atoms with Crippen molar-refractivity contribution in [3.8, 4) is 10.6 Å². The van der Waals surface area contributed by atoms with Crippen molar-refractivity contribution in [2.75, 3.05) is 0 Å². The maximum absolute atomic E-state index is 12.4. The maximum atomic E-state index is 12.4. The van der Waals surface area contributed by atoms with Gasteiger partial charge >= 0.3 is 5.97 Å². The Morgan fingerprint density at radius 1 is 1.32 bits per heavy atom. The van der Waals surface area contributed by atoms with Gasteiger partial charge in [0.05, 0.1) is 5.69 Å². The highest BCUT2D eigenvalue weighted by Crippen LogP contribution is 2.30. The predicted octanol–water partition coefficient (Wildman–Crippen LogP) is 4.23. The first kappa shape index (κ1) is 19.4. The van der Waals surface area contributed by atoms with Crippen molar-refractivity contribution in [1.82, 2.24) is 10.3 Å². The van der Waals surface area contributed by atoms with Crippen LogP contribution in [0.25, 0.3) is 10.6 Å². The Labute approximate surface area is 156 Å². The number of hydrogen-bond acceptors (Lipinski definition) is 5. The van der Waals surface area contributed by atoms with Gasteiger partial charge in [-0.15, -0.1) is 11.3 Å². The number of thiazole rings is 1. The van der Waals surface area contributed by atoms with Crippen LogP contribution in [0, 0.1) is 6.92 Å². The predicted molar refractivity (Wildman–Crippen MR) is 100 cm³/mol. The molecule has 0 aliphatic carbocycles. The monoisotopic (exact) mass is 380 g/mol. The SMILES string of the molecule is Cc1nc(-c2cccc(Cl)c2)sc1C(=O)O[C@@H](C)C(=O)NC(C)(C)C. The molecule has 0 spiro atoms. The number of carbonyl (C=O) groups is 2. The zero-order valence-electron chi connectivity index (χ0n) is 14.8. The minimum absolute atomic E-state index is 0.335. The first-order valence-electron chi connectivity index (χ1n) is 7.83. The lowest BCUT2D eigenvalue weighted by Crippen LogP contribution is -2.46. The van der Waals surface area contributed by atoms with E-state index in [9.17, 15) is 9.59 Å². The average molecular weight is 381 g/mol. The second-order valence-electron chi connectivity index (χ2n) is 6.73. The molecule has 2 rings (SSSR count). The summed E-state index contributed by atoms with van der Waals surface area (Å²) in [5.74, 6) is -0.891. The number of aryl methyl sites for hydroxylation is 1. The van der Waals surface area contributed by atoms with Crippen LogP contribution in [0.15, 0.2) is 24.3 Å². The van der Waals surface area contributed by atoms with E-state index in [1.165, 1.54) is 11.3 Å². The molecule has 0 bridgehead atoms. The van der Waals surface area contributed by atoms with Gasteiger partial charge in [-0.3, -0.25) is 4.79 Å². The van der Waals surface area contributed by atoms with Crippen LogP contribution in [0.4, 0.5) is 0 Å². The highest BCUT2D eigenvalue weighted by atomic mass is 35.5. The molecule has 5 nitrogen and oxygen atoms in total. The van der Waals surface area contributed by atoms with E-state index in [0.29, 0.717) is 20.6 Å². The molecule has 1 heterocycles. The highest BCUT2D eigenvalue weighted by Gasteiger charge is 2.25. The molecule has 1 aromatic heterocycles. The fourth-order valence-electron chi connectivity index (χ4n) is 2.07. The van der Waals surface area contributed by atoms with E-state index in [0.717, 1.165) is 5.56 Å². The number of halogens is 1. The van der Waals surface area contributed by atoms with Crippen LogP contribution in [0.3, 0.4) is 0 Å². The Morgan fingerprint density at radius 3 is 2.60 bits per heavy atom. The Hall–Kier alpha value is -1.92. The summed E-state index contributed by atoms with van der Waals surface area (Å²) >= 11 is 7.22. The number of nitrogens with one attached hydrogen (secondary N) is 1. The highest BCUT2D eigenvalue weighted by molar-refractivity contribution is 7.17. The second kappa shape index (κ2) is 7.54. The molecule has 0 radical (unpaired) electrons. The molecule has 0 fully saturated rings. The molecule has 0 saturated carbocycles. The number of carbonyl (C=O) groups excluding carboxylic acids is 2. The molecule has 1 amide bonds. The quantitative estimate of drug-likeness (QED) is 0.806. The number of esters is 1. The summed E-state index contributed by atoms with van der Waals surface area (Å²) < 4.78 is 5.29. The summed E-state index contributed by atoms with van der Waals surface area (Å²) in [5, 5.41) is 4.06. The summed E-state index contributed by atoms with van der Waals surface area (Å²) in [5.41, 5.74) is 1.00. The van der Waals surface area contributed by atoms with E-state index in [-0.39, 0.29) is 5.91 Å². The van der Waals surface area contributed by atoms with Gasteiger partial charge in [0, 0.05) is 16.1 Å². The van der Waals surface area contributed by atoms with Crippen LogP contribution < -0.4 is 5.32 Å². The Morgan fingerprint density at radius 2 is 2.00 bits per heavy atom. The lowest BCUT2D eigenvalue weighted by molar-refractivity contribution is -0.130. The van der Waals surface area contributed by atoms with Gasteiger partial charge in [0.1, 0.15) is 9.88 Å². The standard InChI is InChI=1S/C18H21ClN2O3S/c1-10-14(17(23)24-11(2)15(22)21-18(3,4)5)25-16(20-10)12-7-6-8-13(19)9-12/h6-9,11H,1-5H3,(H,21,22)/t11-/m0/s1. The molecule has 0 aliphatic rings. The number of ether oxygens (including phenoxy) is 1. The fourth-order valence-corrected chi connectivity index (χ4v) is 3.21. The smallest absolute Gasteiger partial charge is 0.351 e. The molecule has 1 aromatic carbocycles. The van der Waals surface area contributed by atoms with Gasteiger partial charge in [0.25, 0.3) is 5.91 Å². The van der Waals surface area contributed by atoms with Gasteiger partial charge in [-0.05, 0) is 46.8 Å². The van der Waals surface area contributed by atoms with Gasteiger partial charge in [0.2, 0.25) is 0 Å². The lowest BCUT2D eigenvalue weighted by atomic mass is 10.1. The number of rotatable bonds is 4. The molecule has 2 aromatic rings. The minimum atomic E-state index is -0.886. The largest absolute Gasteiger partial charge is 0.448 e. The van der Waals surface area contributed by atoms with E-state index in [2.05, 4.69) is 10.3 Å². The summed E-state index contributed by atoms with van der Waals surface area (Å²) in [7, 11) is 0. The van der Waals surface area contributed by atoms with E-state index in [4.69, 9.17) is 16.3 Å². The zero-order valence-corrected chi connectivity index (χ0v) is 16.4. The first-order chi connectivity index (χ1) is 11.6. The molecule has 134 valence electrons. The van der Waals surface area contributed by atoms with Crippen molar-refractivity contribution in [2.24, 2.45) is 0 Å². The third-order valence-electron chi connectivity index (χ3n) is 3.20. The number of hydrogen-bond donors (Lipinski definition) is 1. The van der Waals surface area contributed by atoms with Crippen LogP contribution in [0.1, 0.15) is 43.1 Å². The van der Waals surface area contributed by atoms with Crippen molar-refractivity contribution in [3.05, 3.63) is 39.9 Å². The van der Waals surface area contributed by atoms with Crippen LogP contribution in [0.2, 0.25) is 5.02 Å². The van der Waals surface area contributed by atoms with Crippen LogP contribution in [0.5, 0.6) is 0 Å².